The molecule has 0 saturated carbocycles. The summed E-state index contributed by atoms with van der Waals surface area (Å²) in [5.41, 5.74) is 0.955. The molecule has 0 amide bonds. The summed E-state index contributed by atoms with van der Waals surface area (Å²) in [7, 11) is 1.86. The molecule has 2 nitrogen and oxygen atoms in total. The van der Waals surface area contributed by atoms with Gasteiger partial charge in [0, 0.05) is 10.9 Å². The van der Waals surface area contributed by atoms with Gasteiger partial charge in [-0.2, -0.15) is 0 Å². The second kappa shape index (κ2) is 5.67. The average molecular weight is 312 g/mol. The molecule has 96 valence electrons. The van der Waals surface area contributed by atoms with Crippen molar-refractivity contribution >= 4 is 15.9 Å². The first-order valence-corrected chi connectivity index (χ1v) is 6.65. The minimum atomic E-state index is -0.255. The minimum absolute atomic E-state index is 0.0831. The van der Waals surface area contributed by atoms with E-state index in [2.05, 4.69) is 21.2 Å². The highest BCUT2D eigenvalue weighted by Gasteiger charge is 2.18. The lowest BCUT2D eigenvalue weighted by atomic mass is 10.0. The van der Waals surface area contributed by atoms with Gasteiger partial charge in [-0.25, -0.2) is 4.39 Å². The van der Waals surface area contributed by atoms with Crippen LogP contribution >= 0.6 is 15.9 Å². The Labute approximate surface area is 114 Å². The first kappa shape index (κ1) is 13.3. The lowest BCUT2D eigenvalue weighted by Gasteiger charge is -2.16. The molecule has 1 N–H and O–H groups in total. The molecule has 1 aromatic heterocycles. The quantitative estimate of drug-likeness (QED) is 0.921. The van der Waals surface area contributed by atoms with Gasteiger partial charge in [0.1, 0.15) is 17.3 Å². The van der Waals surface area contributed by atoms with Crippen LogP contribution in [0.5, 0.6) is 0 Å². The first-order chi connectivity index (χ1) is 8.65. The fourth-order valence-electron chi connectivity index (χ4n) is 1.93. The number of nitrogens with one attached hydrogen (secondary N) is 1. The van der Waals surface area contributed by atoms with E-state index in [0.717, 1.165) is 28.0 Å². The lowest BCUT2D eigenvalue weighted by molar-refractivity contribution is 0.433. The zero-order valence-electron chi connectivity index (χ0n) is 10.3. The summed E-state index contributed by atoms with van der Waals surface area (Å²) in [5.74, 6) is 1.53. The molecule has 1 aromatic carbocycles. The fourth-order valence-corrected chi connectivity index (χ4v) is 2.51. The standard InChI is InChI=1S/C14H15BrFNO/c1-3-10-5-7-13(18-10)14(17-2)11-6-4-9(16)8-12(11)15/h4-8,14,17H,3H2,1-2H3. The topological polar surface area (TPSA) is 25.2 Å². The predicted octanol–water partition coefficient (Wildman–Crippen LogP) is 4.05. The Bertz CT molecular complexity index is 538. The Morgan fingerprint density at radius 2 is 2.11 bits per heavy atom. The van der Waals surface area contributed by atoms with E-state index < -0.39 is 0 Å². The first-order valence-electron chi connectivity index (χ1n) is 5.86. The monoisotopic (exact) mass is 311 g/mol. The summed E-state index contributed by atoms with van der Waals surface area (Å²) in [5, 5.41) is 3.19. The maximum atomic E-state index is 13.1. The Morgan fingerprint density at radius 3 is 2.67 bits per heavy atom. The van der Waals surface area contributed by atoms with Crippen LogP contribution in [0.2, 0.25) is 0 Å². The Kier molecular flexibility index (Phi) is 4.19. The van der Waals surface area contributed by atoms with Crippen molar-refractivity contribution in [3.05, 3.63) is 57.7 Å². The number of rotatable bonds is 4. The number of hydrogen-bond acceptors (Lipinski definition) is 2. The van der Waals surface area contributed by atoms with Crippen LogP contribution < -0.4 is 5.32 Å². The van der Waals surface area contributed by atoms with Gasteiger partial charge >= 0.3 is 0 Å². The number of halogens is 2. The Morgan fingerprint density at radius 1 is 1.33 bits per heavy atom. The van der Waals surface area contributed by atoms with Crippen LogP contribution in [0, 0.1) is 5.82 Å². The highest BCUT2D eigenvalue weighted by Crippen LogP contribution is 2.30. The van der Waals surface area contributed by atoms with Crippen molar-refractivity contribution in [2.45, 2.75) is 19.4 Å². The van der Waals surface area contributed by atoms with E-state index >= 15 is 0 Å². The van der Waals surface area contributed by atoms with Crippen LogP contribution in [-0.2, 0) is 6.42 Å². The molecule has 0 bridgehead atoms. The van der Waals surface area contributed by atoms with Crippen molar-refractivity contribution in [2.75, 3.05) is 7.05 Å². The molecule has 1 unspecified atom stereocenters. The van der Waals surface area contributed by atoms with Gasteiger partial charge in [-0.1, -0.05) is 28.9 Å². The largest absolute Gasteiger partial charge is 0.464 e. The molecule has 0 saturated heterocycles. The predicted molar refractivity (Wildman–Crippen MR) is 73.1 cm³/mol. The van der Waals surface area contributed by atoms with Crippen molar-refractivity contribution < 1.29 is 8.81 Å². The molecule has 2 aromatic rings. The third-order valence-corrected chi connectivity index (χ3v) is 3.56. The van der Waals surface area contributed by atoms with Crippen LogP contribution in [0.3, 0.4) is 0 Å². The summed E-state index contributed by atoms with van der Waals surface area (Å²) in [6.45, 7) is 2.05. The smallest absolute Gasteiger partial charge is 0.125 e. The third-order valence-electron chi connectivity index (χ3n) is 2.88. The van der Waals surface area contributed by atoms with Crippen molar-refractivity contribution in [2.24, 2.45) is 0 Å². The van der Waals surface area contributed by atoms with Crippen molar-refractivity contribution in [1.29, 1.82) is 0 Å². The van der Waals surface area contributed by atoms with E-state index in [0.29, 0.717) is 0 Å². The van der Waals surface area contributed by atoms with Crippen LogP contribution in [-0.4, -0.2) is 7.05 Å². The number of hydrogen-bond donors (Lipinski definition) is 1. The van der Waals surface area contributed by atoms with E-state index in [4.69, 9.17) is 4.42 Å². The second-order valence-corrected chi connectivity index (χ2v) is 4.90. The van der Waals surface area contributed by atoms with Crippen molar-refractivity contribution in [3.8, 4) is 0 Å². The lowest BCUT2D eigenvalue weighted by Crippen LogP contribution is -2.17. The van der Waals surface area contributed by atoms with Gasteiger partial charge in [-0.05, 0) is 36.9 Å². The highest BCUT2D eigenvalue weighted by molar-refractivity contribution is 9.10. The molecule has 18 heavy (non-hydrogen) atoms. The van der Waals surface area contributed by atoms with Gasteiger partial charge in [-0.15, -0.1) is 0 Å². The van der Waals surface area contributed by atoms with E-state index in [1.54, 1.807) is 6.07 Å². The van der Waals surface area contributed by atoms with Gasteiger partial charge in [0.2, 0.25) is 0 Å². The normalized spacial score (nSPS) is 12.7. The summed E-state index contributed by atoms with van der Waals surface area (Å²) >= 11 is 3.39. The molecule has 0 aliphatic carbocycles. The molecular formula is C14H15BrFNO. The molecular weight excluding hydrogens is 297 g/mol. The Hall–Kier alpha value is -1.13. The molecule has 0 fully saturated rings. The molecule has 0 spiro atoms. The molecule has 0 radical (unpaired) electrons. The molecule has 1 atom stereocenters. The van der Waals surface area contributed by atoms with Gasteiger partial charge in [0.15, 0.2) is 0 Å². The van der Waals surface area contributed by atoms with Gasteiger partial charge in [0.25, 0.3) is 0 Å². The van der Waals surface area contributed by atoms with Crippen LogP contribution in [0.15, 0.2) is 39.2 Å². The maximum absolute atomic E-state index is 13.1. The van der Waals surface area contributed by atoms with E-state index in [9.17, 15) is 4.39 Å². The van der Waals surface area contributed by atoms with Crippen LogP contribution in [0.1, 0.15) is 30.0 Å². The average Bonchev–Trinajstić information content (AvgIpc) is 2.81. The van der Waals surface area contributed by atoms with E-state index in [1.165, 1.54) is 12.1 Å². The molecule has 1 heterocycles. The minimum Gasteiger partial charge on any atom is -0.464 e. The summed E-state index contributed by atoms with van der Waals surface area (Å²) in [6, 6.07) is 8.51. The zero-order chi connectivity index (χ0) is 13.1. The summed E-state index contributed by atoms with van der Waals surface area (Å²) in [6.07, 6.45) is 0.862. The molecule has 4 heteroatoms. The molecule has 0 aliphatic rings. The number of furan rings is 1. The number of benzene rings is 1. The van der Waals surface area contributed by atoms with Gasteiger partial charge in [0.05, 0.1) is 6.04 Å². The van der Waals surface area contributed by atoms with Crippen LogP contribution in [0.25, 0.3) is 0 Å². The van der Waals surface area contributed by atoms with Crippen molar-refractivity contribution in [3.63, 3.8) is 0 Å². The molecule has 0 aliphatic heterocycles. The summed E-state index contributed by atoms with van der Waals surface area (Å²) in [4.78, 5) is 0. The Balaban J connectivity index is 2.38. The fraction of sp³-hybridized carbons (Fsp3) is 0.286. The summed E-state index contributed by atoms with van der Waals surface area (Å²) < 4.78 is 19.6. The third kappa shape index (κ3) is 2.65. The van der Waals surface area contributed by atoms with E-state index in [-0.39, 0.29) is 11.9 Å². The SMILES string of the molecule is CCc1ccc(C(NC)c2ccc(F)cc2Br)o1. The van der Waals surface area contributed by atoms with Crippen molar-refractivity contribution in [1.82, 2.24) is 5.32 Å². The van der Waals surface area contributed by atoms with Gasteiger partial charge < -0.3 is 9.73 Å². The molecule has 2 rings (SSSR count). The maximum Gasteiger partial charge on any atom is 0.125 e. The van der Waals surface area contributed by atoms with E-state index in [1.807, 2.05) is 26.1 Å². The van der Waals surface area contributed by atoms with Gasteiger partial charge in [-0.3, -0.25) is 0 Å². The highest BCUT2D eigenvalue weighted by atomic mass is 79.9. The second-order valence-electron chi connectivity index (χ2n) is 4.05. The number of aryl methyl sites for hydroxylation is 1. The van der Waals surface area contributed by atoms with Crippen LogP contribution in [0.4, 0.5) is 4.39 Å². The zero-order valence-corrected chi connectivity index (χ0v) is 11.9.